The van der Waals surface area contributed by atoms with Gasteiger partial charge in [-0.3, -0.25) is 0 Å². The van der Waals surface area contributed by atoms with Gasteiger partial charge in [-0.05, 0) is 39.0 Å². The summed E-state index contributed by atoms with van der Waals surface area (Å²) in [7, 11) is -3.59. The van der Waals surface area contributed by atoms with E-state index in [4.69, 9.17) is 16.3 Å². The predicted octanol–water partition coefficient (Wildman–Crippen LogP) is 2.43. The predicted molar refractivity (Wildman–Crippen MR) is 68.1 cm³/mol. The van der Waals surface area contributed by atoms with Crippen LogP contribution in [0.15, 0.2) is 23.1 Å². The van der Waals surface area contributed by atoms with Gasteiger partial charge in [0.25, 0.3) is 0 Å². The van der Waals surface area contributed by atoms with Gasteiger partial charge in [0.15, 0.2) is 0 Å². The lowest BCUT2D eigenvalue weighted by atomic mass is 10.3. The molecular formula is C11H16ClNO3S. The molecule has 0 aliphatic carbocycles. The van der Waals surface area contributed by atoms with Crippen LogP contribution in [0.4, 0.5) is 0 Å². The molecule has 0 spiro atoms. The molecule has 0 aromatic heterocycles. The standard InChI is InChI=1S/C11H16ClNO3S/c1-4-16-10-6-5-9(12)7-11(10)17(14,15)13-8(2)3/h5-8,13H,4H2,1-3H3. The largest absolute Gasteiger partial charge is 0.492 e. The number of sulfonamides is 1. The Hall–Kier alpha value is -0.780. The molecule has 0 atom stereocenters. The molecule has 0 fully saturated rings. The van der Waals surface area contributed by atoms with Crippen molar-refractivity contribution in [3.05, 3.63) is 23.2 Å². The molecule has 0 unspecified atom stereocenters. The van der Waals surface area contributed by atoms with E-state index in [1.807, 2.05) is 0 Å². The third-order valence-electron chi connectivity index (χ3n) is 1.89. The fourth-order valence-corrected chi connectivity index (χ4v) is 3.00. The van der Waals surface area contributed by atoms with Crippen LogP contribution >= 0.6 is 11.6 Å². The van der Waals surface area contributed by atoms with Crippen molar-refractivity contribution >= 4 is 21.6 Å². The second-order valence-corrected chi connectivity index (χ2v) is 5.92. The van der Waals surface area contributed by atoms with Gasteiger partial charge >= 0.3 is 0 Å². The number of hydrogen-bond acceptors (Lipinski definition) is 3. The molecule has 1 rings (SSSR count). The summed E-state index contributed by atoms with van der Waals surface area (Å²) in [5.41, 5.74) is 0. The molecule has 0 bridgehead atoms. The molecule has 1 aromatic carbocycles. The molecule has 0 aliphatic rings. The first-order chi connectivity index (χ1) is 7.86. The van der Waals surface area contributed by atoms with Crippen molar-refractivity contribution in [2.45, 2.75) is 31.7 Å². The highest BCUT2D eigenvalue weighted by molar-refractivity contribution is 7.89. The molecule has 17 heavy (non-hydrogen) atoms. The minimum absolute atomic E-state index is 0.0700. The van der Waals surface area contributed by atoms with Gasteiger partial charge in [0.2, 0.25) is 10.0 Å². The molecule has 0 saturated carbocycles. The summed E-state index contributed by atoms with van der Waals surface area (Å²) < 4.78 is 31.9. The number of benzene rings is 1. The van der Waals surface area contributed by atoms with Crippen LogP contribution in [0.25, 0.3) is 0 Å². The molecule has 96 valence electrons. The van der Waals surface area contributed by atoms with Gasteiger partial charge in [0.1, 0.15) is 10.6 Å². The zero-order valence-corrected chi connectivity index (χ0v) is 11.6. The number of hydrogen-bond donors (Lipinski definition) is 1. The number of halogens is 1. The minimum Gasteiger partial charge on any atom is -0.492 e. The topological polar surface area (TPSA) is 55.4 Å². The van der Waals surface area contributed by atoms with Crippen LogP contribution in [0.5, 0.6) is 5.75 Å². The molecule has 4 nitrogen and oxygen atoms in total. The van der Waals surface area contributed by atoms with Crippen LogP contribution in [-0.2, 0) is 10.0 Å². The van der Waals surface area contributed by atoms with E-state index in [1.165, 1.54) is 6.07 Å². The van der Waals surface area contributed by atoms with Crippen molar-refractivity contribution in [1.29, 1.82) is 0 Å². The molecule has 1 aromatic rings. The quantitative estimate of drug-likeness (QED) is 0.899. The highest BCUT2D eigenvalue weighted by Crippen LogP contribution is 2.27. The summed E-state index contributed by atoms with van der Waals surface area (Å²) >= 11 is 5.81. The van der Waals surface area contributed by atoms with Crippen LogP contribution in [0.2, 0.25) is 5.02 Å². The molecule has 0 heterocycles. The number of rotatable bonds is 5. The first-order valence-electron chi connectivity index (χ1n) is 5.31. The summed E-state index contributed by atoms with van der Waals surface area (Å²) in [6.07, 6.45) is 0. The number of nitrogens with one attached hydrogen (secondary N) is 1. The third kappa shape index (κ3) is 3.87. The van der Waals surface area contributed by atoms with Gasteiger partial charge in [-0.25, -0.2) is 13.1 Å². The smallest absolute Gasteiger partial charge is 0.244 e. The second-order valence-electron chi connectivity index (χ2n) is 3.80. The molecule has 0 saturated heterocycles. The van der Waals surface area contributed by atoms with Crippen LogP contribution in [0.1, 0.15) is 20.8 Å². The summed E-state index contributed by atoms with van der Waals surface area (Å²) in [6.45, 7) is 5.69. The maximum Gasteiger partial charge on any atom is 0.244 e. The van der Waals surface area contributed by atoms with Crippen LogP contribution < -0.4 is 9.46 Å². The van der Waals surface area contributed by atoms with Gasteiger partial charge in [-0.15, -0.1) is 0 Å². The molecule has 6 heteroatoms. The molecule has 0 amide bonds. The Morgan fingerprint density at radius 1 is 1.41 bits per heavy atom. The second kappa shape index (κ2) is 5.71. The highest BCUT2D eigenvalue weighted by atomic mass is 35.5. The Bertz CT molecular complexity index is 485. The van der Waals surface area contributed by atoms with E-state index in [-0.39, 0.29) is 10.9 Å². The van der Waals surface area contributed by atoms with E-state index in [9.17, 15) is 8.42 Å². The maximum absolute atomic E-state index is 12.0. The summed E-state index contributed by atoms with van der Waals surface area (Å²) in [6, 6.07) is 4.35. The zero-order chi connectivity index (χ0) is 13.1. The van der Waals surface area contributed by atoms with Crippen molar-refractivity contribution in [3.63, 3.8) is 0 Å². The summed E-state index contributed by atoms with van der Waals surface area (Å²) in [4.78, 5) is 0.0700. The summed E-state index contributed by atoms with van der Waals surface area (Å²) in [5, 5.41) is 0.359. The molecule has 1 N–H and O–H groups in total. The lowest BCUT2D eigenvalue weighted by Crippen LogP contribution is -2.30. The fraction of sp³-hybridized carbons (Fsp3) is 0.455. The van der Waals surface area contributed by atoms with Crippen molar-refractivity contribution in [2.75, 3.05) is 6.61 Å². The van der Waals surface area contributed by atoms with Gasteiger partial charge in [-0.2, -0.15) is 0 Å². The lowest BCUT2D eigenvalue weighted by Gasteiger charge is -2.13. The Morgan fingerprint density at radius 2 is 2.06 bits per heavy atom. The van der Waals surface area contributed by atoms with Crippen molar-refractivity contribution in [1.82, 2.24) is 4.72 Å². The monoisotopic (exact) mass is 277 g/mol. The number of ether oxygens (including phenoxy) is 1. The van der Waals surface area contributed by atoms with Gasteiger partial charge in [0.05, 0.1) is 6.61 Å². The van der Waals surface area contributed by atoms with E-state index in [0.717, 1.165) is 0 Å². The Labute approximate surface area is 107 Å². The average Bonchev–Trinajstić information content (AvgIpc) is 2.19. The Kier molecular flexibility index (Phi) is 4.80. The van der Waals surface area contributed by atoms with Gasteiger partial charge < -0.3 is 4.74 Å². The van der Waals surface area contributed by atoms with E-state index in [2.05, 4.69) is 4.72 Å². The first kappa shape index (κ1) is 14.3. The van der Waals surface area contributed by atoms with E-state index in [0.29, 0.717) is 17.4 Å². The van der Waals surface area contributed by atoms with Crippen LogP contribution in [0, 0.1) is 0 Å². The van der Waals surface area contributed by atoms with Crippen molar-refractivity contribution < 1.29 is 13.2 Å². The zero-order valence-electron chi connectivity index (χ0n) is 10.0. The van der Waals surface area contributed by atoms with Gasteiger partial charge in [0, 0.05) is 11.1 Å². The van der Waals surface area contributed by atoms with Gasteiger partial charge in [-0.1, -0.05) is 11.6 Å². The highest BCUT2D eigenvalue weighted by Gasteiger charge is 2.20. The first-order valence-corrected chi connectivity index (χ1v) is 7.17. The normalized spacial score (nSPS) is 11.8. The maximum atomic E-state index is 12.0. The van der Waals surface area contributed by atoms with E-state index in [1.54, 1.807) is 32.9 Å². The average molecular weight is 278 g/mol. The van der Waals surface area contributed by atoms with Crippen molar-refractivity contribution in [2.24, 2.45) is 0 Å². The molecule has 0 radical (unpaired) electrons. The molecular weight excluding hydrogens is 262 g/mol. The van der Waals surface area contributed by atoms with Crippen molar-refractivity contribution in [3.8, 4) is 5.75 Å². The Morgan fingerprint density at radius 3 is 2.59 bits per heavy atom. The fourth-order valence-electron chi connectivity index (χ4n) is 1.34. The van der Waals surface area contributed by atoms with E-state index >= 15 is 0 Å². The van der Waals surface area contributed by atoms with Crippen LogP contribution in [0.3, 0.4) is 0 Å². The third-order valence-corrected chi connectivity index (χ3v) is 3.80. The molecule has 0 aliphatic heterocycles. The minimum atomic E-state index is -3.59. The summed E-state index contributed by atoms with van der Waals surface area (Å²) in [5.74, 6) is 0.310. The van der Waals surface area contributed by atoms with E-state index < -0.39 is 10.0 Å². The SMILES string of the molecule is CCOc1ccc(Cl)cc1S(=O)(=O)NC(C)C. The lowest BCUT2D eigenvalue weighted by molar-refractivity contribution is 0.331. The van der Waals surface area contributed by atoms with Crippen LogP contribution in [-0.4, -0.2) is 21.1 Å². The Balaban J connectivity index is 3.23.